The minimum absolute atomic E-state index is 0.136. The number of urea groups is 1. The van der Waals surface area contributed by atoms with Crippen LogP contribution in [0.3, 0.4) is 0 Å². The van der Waals surface area contributed by atoms with Gasteiger partial charge in [0.1, 0.15) is 5.82 Å². The highest BCUT2D eigenvalue weighted by Crippen LogP contribution is 2.48. The zero-order valence-electron chi connectivity index (χ0n) is 12.9. The van der Waals surface area contributed by atoms with Gasteiger partial charge in [-0.2, -0.15) is 0 Å². The van der Waals surface area contributed by atoms with Gasteiger partial charge in [0, 0.05) is 6.04 Å². The van der Waals surface area contributed by atoms with Crippen molar-refractivity contribution < 1.29 is 9.18 Å². The van der Waals surface area contributed by atoms with Crippen LogP contribution in [0.1, 0.15) is 57.1 Å². The predicted molar refractivity (Wildman–Crippen MR) is 82.7 cm³/mol. The van der Waals surface area contributed by atoms with Gasteiger partial charge in [0.15, 0.2) is 0 Å². The third-order valence-corrected chi connectivity index (χ3v) is 5.28. The topological polar surface area (TPSA) is 54.0 Å². The molecule has 1 heterocycles. The highest BCUT2D eigenvalue weighted by Gasteiger charge is 2.43. The van der Waals surface area contributed by atoms with Crippen LogP contribution in [0.5, 0.6) is 0 Å². The molecule has 2 amide bonds. The Labute approximate surface area is 130 Å². The minimum Gasteiger partial charge on any atom is -0.335 e. The standard InChI is InChI=1S/C17H24FN3O/c18-13-6-7-14(19-11-13)12-20-16(22)21-15-5-4-10-17(15)8-2-1-3-9-17/h6-7,11,15H,1-5,8-10,12H2,(H2,20,21,22). The van der Waals surface area contributed by atoms with E-state index in [0.29, 0.717) is 23.7 Å². The number of rotatable bonds is 3. The van der Waals surface area contributed by atoms with Crippen molar-refractivity contribution in [3.63, 3.8) is 0 Å². The summed E-state index contributed by atoms with van der Waals surface area (Å²) in [5, 5.41) is 6.00. The average molecular weight is 305 g/mol. The minimum atomic E-state index is -0.363. The van der Waals surface area contributed by atoms with Crippen molar-refractivity contribution in [2.45, 2.75) is 64.0 Å². The van der Waals surface area contributed by atoms with E-state index in [1.165, 1.54) is 57.2 Å². The molecule has 22 heavy (non-hydrogen) atoms. The van der Waals surface area contributed by atoms with Crippen molar-refractivity contribution in [2.24, 2.45) is 5.41 Å². The van der Waals surface area contributed by atoms with E-state index in [1.54, 1.807) is 6.07 Å². The third kappa shape index (κ3) is 3.39. The fourth-order valence-electron chi connectivity index (χ4n) is 4.11. The van der Waals surface area contributed by atoms with Gasteiger partial charge >= 0.3 is 6.03 Å². The summed E-state index contributed by atoms with van der Waals surface area (Å²) in [4.78, 5) is 16.1. The summed E-state index contributed by atoms with van der Waals surface area (Å²) in [6.45, 7) is 0.325. The van der Waals surface area contributed by atoms with E-state index in [0.717, 1.165) is 6.42 Å². The van der Waals surface area contributed by atoms with Gasteiger partial charge in [-0.25, -0.2) is 9.18 Å². The molecule has 4 nitrogen and oxygen atoms in total. The maximum Gasteiger partial charge on any atom is 0.315 e. The Morgan fingerprint density at radius 1 is 1.23 bits per heavy atom. The number of aromatic nitrogens is 1. The summed E-state index contributed by atoms with van der Waals surface area (Å²) in [5.41, 5.74) is 0.999. The Morgan fingerprint density at radius 2 is 2.00 bits per heavy atom. The second kappa shape index (κ2) is 6.63. The molecule has 2 fully saturated rings. The number of carbonyl (C=O) groups excluding carboxylic acids is 1. The zero-order chi connectivity index (χ0) is 15.4. The van der Waals surface area contributed by atoms with Gasteiger partial charge in [-0.3, -0.25) is 4.98 Å². The molecule has 3 rings (SSSR count). The summed E-state index contributed by atoms with van der Waals surface area (Å²) in [6, 6.07) is 3.11. The van der Waals surface area contributed by atoms with Gasteiger partial charge in [-0.05, 0) is 43.2 Å². The molecule has 1 unspecified atom stereocenters. The van der Waals surface area contributed by atoms with E-state index in [2.05, 4.69) is 15.6 Å². The highest BCUT2D eigenvalue weighted by molar-refractivity contribution is 5.74. The Morgan fingerprint density at radius 3 is 2.73 bits per heavy atom. The van der Waals surface area contributed by atoms with Gasteiger partial charge in [0.25, 0.3) is 0 Å². The molecule has 5 heteroatoms. The van der Waals surface area contributed by atoms with Crippen molar-refractivity contribution in [2.75, 3.05) is 0 Å². The number of nitrogens with one attached hydrogen (secondary N) is 2. The van der Waals surface area contributed by atoms with E-state index < -0.39 is 0 Å². The molecule has 2 aliphatic carbocycles. The van der Waals surface area contributed by atoms with Crippen LogP contribution in [0.4, 0.5) is 9.18 Å². The largest absolute Gasteiger partial charge is 0.335 e. The zero-order valence-corrected chi connectivity index (χ0v) is 12.9. The molecule has 0 aromatic carbocycles. The molecule has 0 saturated heterocycles. The molecule has 1 aromatic rings. The summed E-state index contributed by atoms with van der Waals surface area (Å²) in [7, 11) is 0. The number of amides is 2. The average Bonchev–Trinajstić information content (AvgIpc) is 2.89. The van der Waals surface area contributed by atoms with E-state index in [1.807, 2.05) is 0 Å². The second-order valence-electron chi connectivity index (χ2n) is 6.66. The van der Waals surface area contributed by atoms with E-state index >= 15 is 0 Å². The molecule has 0 aliphatic heterocycles. The molecular weight excluding hydrogens is 281 g/mol. The van der Waals surface area contributed by atoms with E-state index in [4.69, 9.17) is 0 Å². The first-order valence-corrected chi connectivity index (χ1v) is 8.33. The Hall–Kier alpha value is -1.65. The number of halogens is 1. The SMILES string of the molecule is O=C(NCc1ccc(F)cn1)NC1CCCC12CCCCC2. The first-order chi connectivity index (χ1) is 10.7. The maximum absolute atomic E-state index is 12.8. The first kappa shape index (κ1) is 15.3. The van der Waals surface area contributed by atoms with E-state index in [9.17, 15) is 9.18 Å². The molecule has 1 atom stereocenters. The van der Waals surface area contributed by atoms with Gasteiger partial charge in [0.05, 0.1) is 18.4 Å². The van der Waals surface area contributed by atoms with Crippen LogP contribution in [-0.2, 0) is 6.54 Å². The highest BCUT2D eigenvalue weighted by atomic mass is 19.1. The Bertz CT molecular complexity index is 511. The molecule has 2 aliphatic rings. The van der Waals surface area contributed by atoms with Gasteiger partial charge in [-0.1, -0.05) is 25.7 Å². The van der Waals surface area contributed by atoms with Crippen LogP contribution in [0.25, 0.3) is 0 Å². The molecule has 1 spiro atoms. The summed E-state index contributed by atoms with van der Waals surface area (Å²) < 4.78 is 12.8. The Balaban J connectivity index is 1.51. The van der Waals surface area contributed by atoms with Crippen molar-refractivity contribution in [1.82, 2.24) is 15.6 Å². The number of pyridine rings is 1. The number of nitrogens with zero attached hydrogens (tertiary/aromatic N) is 1. The molecule has 2 saturated carbocycles. The molecule has 0 bridgehead atoms. The van der Waals surface area contributed by atoms with Gasteiger partial charge in [-0.15, -0.1) is 0 Å². The second-order valence-corrected chi connectivity index (χ2v) is 6.66. The van der Waals surface area contributed by atoms with Crippen molar-refractivity contribution in [3.8, 4) is 0 Å². The van der Waals surface area contributed by atoms with Gasteiger partial charge < -0.3 is 10.6 Å². The van der Waals surface area contributed by atoms with Crippen LogP contribution < -0.4 is 10.6 Å². The molecular formula is C17H24FN3O. The summed E-state index contributed by atoms with van der Waals surface area (Å²) >= 11 is 0. The maximum atomic E-state index is 12.8. The van der Waals surface area contributed by atoms with Crippen LogP contribution in [-0.4, -0.2) is 17.1 Å². The smallest absolute Gasteiger partial charge is 0.315 e. The van der Waals surface area contributed by atoms with Crippen molar-refractivity contribution in [1.29, 1.82) is 0 Å². The fraction of sp³-hybridized carbons (Fsp3) is 0.647. The lowest BCUT2D eigenvalue weighted by Gasteiger charge is -2.39. The monoisotopic (exact) mass is 305 g/mol. The summed E-state index contributed by atoms with van der Waals surface area (Å²) in [6.07, 6.45) is 11.1. The number of carbonyl (C=O) groups is 1. The van der Waals surface area contributed by atoms with E-state index in [-0.39, 0.29) is 11.8 Å². The van der Waals surface area contributed by atoms with Gasteiger partial charge in [0.2, 0.25) is 0 Å². The van der Waals surface area contributed by atoms with Crippen LogP contribution in [0, 0.1) is 11.2 Å². The number of hydrogen-bond acceptors (Lipinski definition) is 2. The lowest BCUT2D eigenvalue weighted by atomic mass is 9.70. The van der Waals surface area contributed by atoms with Crippen molar-refractivity contribution in [3.05, 3.63) is 29.8 Å². The predicted octanol–water partition coefficient (Wildman–Crippen LogP) is 3.52. The van der Waals surface area contributed by atoms with Crippen LogP contribution in [0.15, 0.2) is 18.3 Å². The molecule has 1 aromatic heterocycles. The molecule has 120 valence electrons. The lowest BCUT2D eigenvalue weighted by molar-refractivity contribution is 0.150. The molecule has 0 radical (unpaired) electrons. The molecule has 2 N–H and O–H groups in total. The fourth-order valence-corrected chi connectivity index (χ4v) is 4.11. The van der Waals surface area contributed by atoms with Crippen LogP contribution in [0.2, 0.25) is 0 Å². The third-order valence-electron chi connectivity index (χ3n) is 5.28. The first-order valence-electron chi connectivity index (χ1n) is 8.33. The van der Waals surface area contributed by atoms with Crippen LogP contribution >= 0.6 is 0 Å². The number of hydrogen-bond donors (Lipinski definition) is 2. The lowest BCUT2D eigenvalue weighted by Crippen LogP contribution is -2.48. The summed E-state index contributed by atoms with van der Waals surface area (Å²) in [5.74, 6) is -0.363. The Kier molecular flexibility index (Phi) is 4.60. The van der Waals surface area contributed by atoms with Crippen molar-refractivity contribution >= 4 is 6.03 Å². The normalized spacial score (nSPS) is 23.4. The quantitative estimate of drug-likeness (QED) is 0.897.